The number of anilines is 1. The first-order valence-corrected chi connectivity index (χ1v) is 10.1. The van der Waals surface area contributed by atoms with Crippen LogP contribution in [0.2, 0.25) is 0 Å². The fraction of sp³-hybridized carbons (Fsp3) is 0.619. The fourth-order valence-corrected chi connectivity index (χ4v) is 3.39. The molecule has 1 saturated heterocycles. The molecule has 8 heteroatoms. The maximum absolute atomic E-state index is 12.7. The van der Waals surface area contributed by atoms with E-state index in [1.54, 1.807) is 17.0 Å². The molecule has 1 fully saturated rings. The molecule has 1 aliphatic rings. The van der Waals surface area contributed by atoms with E-state index >= 15 is 0 Å². The van der Waals surface area contributed by atoms with E-state index in [0.29, 0.717) is 48.4 Å². The molecule has 0 aromatic heterocycles. The average molecular weight is 408 g/mol. The van der Waals surface area contributed by atoms with Gasteiger partial charge in [0.1, 0.15) is 0 Å². The molecule has 0 spiro atoms. The van der Waals surface area contributed by atoms with Crippen LogP contribution in [0.3, 0.4) is 0 Å². The van der Waals surface area contributed by atoms with E-state index in [4.69, 9.17) is 14.2 Å². The highest BCUT2D eigenvalue weighted by molar-refractivity contribution is 5.90. The van der Waals surface area contributed by atoms with Gasteiger partial charge in [-0.05, 0) is 32.1 Å². The van der Waals surface area contributed by atoms with Crippen molar-refractivity contribution in [1.29, 1.82) is 0 Å². The van der Waals surface area contributed by atoms with Crippen molar-refractivity contribution in [2.24, 2.45) is 5.92 Å². The fourth-order valence-electron chi connectivity index (χ4n) is 3.39. The quantitative estimate of drug-likeness (QED) is 0.690. The van der Waals surface area contributed by atoms with Crippen LogP contribution in [-0.4, -0.2) is 57.3 Å². The Kier molecular flexibility index (Phi) is 8.42. The first-order valence-electron chi connectivity index (χ1n) is 10.1. The van der Waals surface area contributed by atoms with Gasteiger partial charge in [-0.2, -0.15) is 0 Å². The summed E-state index contributed by atoms with van der Waals surface area (Å²) in [5.74, 6) is 1.84. The Morgan fingerprint density at radius 3 is 2.17 bits per heavy atom. The van der Waals surface area contributed by atoms with Crippen molar-refractivity contribution in [3.63, 3.8) is 0 Å². The number of urea groups is 1. The molecule has 162 valence electrons. The summed E-state index contributed by atoms with van der Waals surface area (Å²) in [6, 6.07) is 3.42. The molecule has 1 aliphatic heterocycles. The highest BCUT2D eigenvalue weighted by Gasteiger charge is 2.25. The number of amides is 3. The molecule has 1 heterocycles. The molecule has 1 unspecified atom stereocenters. The third-order valence-corrected chi connectivity index (χ3v) is 5.31. The first-order chi connectivity index (χ1) is 13.9. The van der Waals surface area contributed by atoms with Crippen LogP contribution in [0.5, 0.6) is 17.2 Å². The Hall–Kier alpha value is -2.64. The minimum Gasteiger partial charge on any atom is -0.493 e. The van der Waals surface area contributed by atoms with E-state index in [-0.39, 0.29) is 18.0 Å². The first kappa shape index (κ1) is 22.6. The number of methoxy groups -OCH3 is 3. The van der Waals surface area contributed by atoms with Gasteiger partial charge >= 0.3 is 6.03 Å². The lowest BCUT2D eigenvalue weighted by molar-refractivity contribution is -0.122. The number of nitrogens with zero attached hydrogens (tertiary/aromatic N) is 1. The Labute approximate surface area is 172 Å². The summed E-state index contributed by atoms with van der Waals surface area (Å²) in [4.78, 5) is 26.5. The molecule has 1 atom stereocenters. The monoisotopic (exact) mass is 407 g/mol. The van der Waals surface area contributed by atoms with E-state index in [1.165, 1.54) is 21.3 Å². The summed E-state index contributed by atoms with van der Waals surface area (Å²) in [6.45, 7) is 5.30. The van der Waals surface area contributed by atoms with Crippen LogP contribution in [0.15, 0.2) is 12.1 Å². The van der Waals surface area contributed by atoms with Gasteiger partial charge in [-0.3, -0.25) is 4.79 Å². The highest BCUT2D eigenvalue weighted by Crippen LogP contribution is 2.40. The number of ether oxygens (including phenoxy) is 3. The molecule has 0 bridgehead atoms. The van der Waals surface area contributed by atoms with Gasteiger partial charge in [0.05, 0.1) is 27.0 Å². The van der Waals surface area contributed by atoms with Crippen LogP contribution in [-0.2, 0) is 4.79 Å². The molecule has 1 aromatic rings. The molecule has 2 rings (SSSR count). The van der Waals surface area contributed by atoms with Crippen LogP contribution in [0.4, 0.5) is 10.5 Å². The van der Waals surface area contributed by atoms with Crippen molar-refractivity contribution in [3.8, 4) is 17.2 Å². The minimum absolute atomic E-state index is 0.0969. The molecule has 2 N–H and O–H groups in total. The van der Waals surface area contributed by atoms with Crippen LogP contribution < -0.4 is 24.8 Å². The van der Waals surface area contributed by atoms with Crippen LogP contribution in [0, 0.1) is 5.92 Å². The molecule has 3 amide bonds. The molecular weight excluding hydrogens is 374 g/mol. The Balaban J connectivity index is 1.91. The summed E-state index contributed by atoms with van der Waals surface area (Å²) in [7, 11) is 4.60. The number of rotatable bonds is 8. The second kappa shape index (κ2) is 10.8. The summed E-state index contributed by atoms with van der Waals surface area (Å²) < 4.78 is 16.0. The Morgan fingerprint density at radius 1 is 1.10 bits per heavy atom. The SMILES string of the molecule is CCC(C)NC(=O)CC1CCN(C(=O)Nc2cc(OC)c(OC)c(OC)c2)CC1. The standard InChI is InChI=1S/C21H33N3O5/c1-6-14(2)22-19(25)11-15-7-9-24(10-8-15)21(26)23-16-12-17(27-3)20(29-5)18(13-16)28-4/h12-15H,6-11H2,1-5H3,(H,22,25)(H,23,26). The average Bonchev–Trinajstić information content (AvgIpc) is 2.73. The second-order valence-corrected chi connectivity index (χ2v) is 7.36. The highest BCUT2D eigenvalue weighted by atomic mass is 16.5. The normalized spacial score (nSPS) is 15.4. The van der Waals surface area contributed by atoms with Crippen molar-refractivity contribution in [2.45, 2.75) is 45.6 Å². The van der Waals surface area contributed by atoms with Crippen molar-refractivity contribution in [2.75, 3.05) is 39.7 Å². The zero-order valence-electron chi connectivity index (χ0n) is 18.0. The summed E-state index contributed by atoms with van der Waals surface area (Å²) in [6.07, 6.45) is 3.07. The predicted molar refractivity (Wildman–Crippen MR) is 112 cm³/mol. The smallest absolute Gasteiger partial charge is 0.321 e. The van der Waals surface area contributed by atoms with Crippen molar-refractivity contribution >= 4 is 17.6 Å². The van der Waals surface area contributed by atoms with Crippen LogP contribution >= 0.6 is 0 Å². The van der Waals surface area contributed by atoms with Crippen LogP contribution in [0.1, 0.15) is 39.5 Å². The molecule has 29 heavy (non-hydrogen) atoms. The molecular formula is C21H33N3O5. The second-order valence-electron chi connectivity index (χ2n) is 7.36. The lowest BCUT2D eigenvalue weighted by Gasteiger charge is -2.32. The van der Waals surface area contributed by atoms with E-state index in [0.717, 1.165) is 19.3 Å². The van der Waals surface area contributed by atoms with Crippen molar-refractivity contribution < 1.29 is 23.8 Å². The number of carbonyl (C=O) groups excluding carboxylic acids is 2. The van der Waals surface area contributed by atoms with Crippen molar-refractivity contribution in [1.82, 2.24) is 10.2 Å². The maximum atomic E-state index is 12.7. The van der Waals surface area contributed by atoms with Gasteiger partial charge in [-0.25, -0.2) is 4.79 Å². The zero-order chi connectivity index (χ0) is 21.4. The molecule has 1 aromatic carbocycles. The summed E-state index contributed by atoms with van der Waals surface area (Å²) in [5, 5.41) is 5.90. The molecule has 0 saturated carbocycles. The van der Waals surface area contributed by atoms with Gasteiger partial charge in [0.2, 0.25) is 11.7 Å². The zero-order valence-corrected chi connectivity index (χ0v) is 18.0. The van der Waals surface area contributed by atoms with Gasteiger partial charge in [0.25, 0.3) is 0 Å². The molecule has 8 nitrogen and oxygen atoms in total. The van der Waals surface area contributed by atoms with E-state index in [2.05, 4.69) is 17.6 Å². The predicted octanol–water partition coefficient (Wildman–Crippen LogP) is 3.26. The number of nitrogens with one attached hydrogen (secondary N) is 2. The maximum Gasteiger partial charge on any atom is 0.321 e. The van der Waals surface area contributed by atoms with Gasteiger partial charge in [-0.1, -0.05) is 6.92 Å². The van der Waals surface area contributed by atoms with E-state index in [9.17, 15) is 9.59 Å². The topological polar surface area (TPSA) is 89.1 Å². The third-order valence-electron chi connectivity index (χ3n) is 5.31. The number of benzene rings is 1. The largest absolute Gasteiger partial charge is 0.493 e. The third kappa shape index (κ3) is 6.17. The molecule has 0 aliphatic carbocycles. The summed E-state index contributed by atoms with van der Waals surface area (Å²) in [5.41, 5.74) is 0.569. The number of likely N-dealkylation sites (tertiary alicyclic amines) is 1. The van der Waals surface area contributed by atoms with E-state index in [1.807, 2.05) is 6.92 Å². The Bertz CT molecular complexity index is 677. The minimum atomic E-state index is -0.179. The van der Waals surface area contributed by atoms with Gasteiger partial charge in [0, 0.05) is 37.7 Å². The lowest BCUT2D eigenvalue weighted by Crippen LogP contribution is -2.42. The van der Waals surface area contributed by atoms with Gasteiger partial charge < -0.3 is 29.7 Å². The Morgan fingerprint density at radius 2 is 1.69 bits per heavy atom. The van der Waals surface area contributed by atoms with Crippen LogP contribution in [0.25, 0.3) is 0 Å². The number of hydrogen-bond donors (Lipinski definition) is 2. The molecule has 0 radical (unpaired) electrons. The number of piperidine rings is 1. The number of carbonyl (C=O) groups is 2. The van der Waals surface area contributed by atoms with Crippen molar-refractivity contribution in [3.05, 3.63) is 12.1 Å². The van der Waals surface area contributed by atoms with Gasteiger partial charge in [-0.15, -0.1) is 0 Å². The summed E-state index contributed by atoms with van der Waals surface area (Å²) >= 11 is 0. The van der Waals surface area contributed by atoms with E-state index < -0.39 is 0 Å². The van der Waals surface area contributed by atoms with Gasteiger partial charge in [0.15, 0.2) is 11.5 Å². The lowest BCUT2D eigenvalue weighted by atomic mass is 9.93. The number of hydrogen-bond acceptors (Lipinski definition) is 5.